The van der Waals surface area contributed by atoms with Gasteiger partial charge in [-0.15, -0.1) is 0 Å². The molecule has 0 saturated carbocycles. The number of nitriles is 1. The maximum atomic E-state index is 13.3. The third-order valence-electron chi connectivity index (χ3n) is 1.86. The Morgan fingerprint density at radius 1 is 1.50 bits per heavy atom. The number of benzene rings is 1. The SMILES string of the molecule is CC(C#N)=C(Cl)c1cc(C)ccc1F. The highest BCUT2D eigenvalue weighted by atomic mass is 35.5. The predicted octanol–water partition coefficient (Wildman–Crippen LogP) is 3.63. The highest BCUT2D eigenvalue weighted by Crippen LogP contribution is 2.25. The quantitative estimate of drug-likeness (QED) is 0.648. The van der Waals surface area contributed by atoms with Gasteiger partial charge in [0.1, 0.15) is 5.82 Å². The fourth-order valence-electron chi connectivity index (χ4n) is 1.06. The Balaban J connectivity index is 3.34. The van der Waals surface area contributed by atoms with Gasteiger partial charge in [0.25, 0.3) is 0 Å². The molecule has 0 saturated heterocycles. The second kappa shape index (κ2) is 4.26. The van der Waals surface area contributed by atoms with Gasteiger partial charge in [-0.1, -0.05) is 23.2 Å². The minimum Gasteiger partial charge on any atom is -0.206 e. The molecule has 0 aliphatic rings. The van der Waals surface area contributed by atoms with Crippen molar-refractivity contribution < 1.29 is 4.39 Å². The van der Waals surface area contributed by atoms with E-state index in [0.29, 0.717) is 5.57 Å². The van der Waals surface area contributed by atoms with Gasteiger partial charge in [0.05, 0.1) is 11.1 Å². The van der Waals surface area contributed by atoms with Gasteiger partial charge in [0.15, 0.2) is 0 Å². The zero-order valence-corrected chi connectivity index (χ0v) is 8.69. The summed E-state index contributed by atoms with van der Waals surface area (Å²) in [6, 6.07) is 6.52. The summed E-state index contributed by atoms with van der Waals surface area (Å²) in [4.78, 5) is 0. The van der Waals surface area contributed by atoms with Crippen LogP contribution in [0.3, 0.4) is 0 Å². The fraction of sp³-hybridized carbons (Fsp3) is 0.182. The Morgan fingerprint density at radius 3 is 2.71 bits per heavy atom. The first-order valence-electron chi connectivity index (χ1n) is 4.09. The molecule has 0 bridgehead atoms. The molecule has 1 nitrogen and oxygen atoms in total. The lowest BCUT2D eigenvalue weighted by molar-refractivity contribution is 0.624. The summed E-state index contributed by atoms with van der Waals surface area (Å²) in [6.07, 6.45) is 0. The summed E-state index contributed by atoms with van der Waals surface area (Å²) >= 11 is 5.85. The van der Waals surface area contributed by atoms with Crippen LogP contribution in [0.2, 0.25) is 0 Å². The summed E-state index contributed by atoms with van der Waals surface area (Å²) in [5.41, 5.74) is 1.51. The van der Waals surface area contributed by atoms with Crippen molar-refractivity contribution in [2.75, 3.05) is 0 Å². The maximum Gasteiger partial charge on any atom is 0.131 e. The maximum absolute atomic E-state index is 13.3. The van der Waals surface area contributed by atoms with Gasteiger partial charge in [0, 0.05) is 11.1 Å². The molecule has 0 N–H and O–H groups in total. The van der Waals surface area contributed by atoms with Crippen LogP contribution in [0.4, 0.5) is 4.39 Å². The van der Waals surface area contributed by atoms with E-state index in [1.807, 2.05) is 13.0 Å². The van der Waals surface area contributed by atoms with Crippen LogP contribution in [0.15, 0.2) is 23.8 Å². The summed E-state index contributed by atoms with van der Waals surface area (Å²) in [5.74, 6) is -0.407. The van der Waals surface area contributed by atoms with E-state index in [4.69, 9.17) is 16.9 Å². The molecule has 72 valence electrons. The van der Waals surface area contributed by atoms with Gasteiger partial charge >= 0.3 is 0 Å². The number of aryl methyl sites for hydroxylation is 1. The average molecular weight is 210 g/mol. The lowest BCUT2D eigenvalue weighted by Crippen LogP contribution is -1.88. The zero-order valence-electron chi connectivity index (χ0n) is 7.94. The van der Waals surface area contributed by atoms with E-state index in [9.17, 15) is 4.39 Å². The van der Waals surface area contributed by atoms with E-state index >= 15 is 0 Å². The molecular formula is C11H9ClFN. The first-order chi connectivity index (χ1) is 6.56. The number of hydrogen-bond donors (Lipinski definition) is 0. The molecule has 1 aromatic rings. The van der Waals surface area contributed by atoms with Crippen LogP contribution >= 0.6 is 11.6 Å². The highest BCUT2D eigenvalue weighted by Gasteiger charge is 2.08. The lowest BCUT2D eigenvalue weighted by Gasteiger charge is -2.03. The molecular weight excluding hydrogens is 201 g/mol. The Kier molecular flexibility index (Phi) is 3.27. The molecule has 0 radical (unpaired) electrons. The van der Waals surface area contributed by atoms with Crippen LogP contribution in [0.5, 0.6) is 0 Å². The van der Waals surface area contributed by atoms with E-state index in [1.54, 1.807) is 19.1 Å². The number of allylic oxidation sites excluding steroid dienone is 1. The first kappa shape index (κ1) is 10.7. The van der Waals surface area contributed by atoms with Crippen LogP contribution in [0.1, 0.15) is 18.1 Å². The zero-order chi connectivity index (χ0) is 10.7. The summed E-state index contributed by atoms with van der Waals surface area (Å²) in [6.45, 7) is 3.40. The molecule has 0 spiro atoms. The molecule has 0 atom stereocenters. The van der Waals surface area contributed by atoms with E-state index in [0.717, 1.165) is 5.56 Å². The molecule has 14 heavy (non-hydrogen) atoms. The van der Waals surface area contributed by atoms with E-state index < -0.39 is 5.82 Å². The molecule has 0 amide bonds. The van der Waals surface area contributed by atoms with Gasteiger partial charge in [-0.05, 0) is 26.0 Å². The van der Waals surface area contributed by atoms with E-state index in [1.165, 1.54) is 6.07 Å². The summed E-state index contributed by atoms with van der Waals surface area (Å²) < 4.78 is 13.3. The third-order valence-corrected chi connectivity index (χ3v) is 2.34. The van der Waals surface area contributed by atoms with Gasteiger partial charge in [-0.3, -0.25) is 0 Å². The summed E-state index contributed by atoms with van der Waals surface area (Å²) in [7, 11) is 0. The van der Waals surface area contributed by atoms with Crippen LogP contribution in [-0.2, 0) is 0 Å². The summed E-state index contributed by atoms with van der Waals surface area (Å²) in [5, 5.41) is 8.79. The van der Waals surface area contributed by atoms with Crippen LogP contribution in [-0.4, -0.2) is 0 Å². The van der Waals surface area contributed by atoms with Crippen molar-refractivity contribution in [2.24, 2.45) is 0 Å². The van der Waals surface area contributed by atoms with Crippen LogP contribution in [0.25, 0.3) is 5.03 Å². The smallest absolute Gasteiger partial charge is 0.131 e. The normalized spacial score (nSPS) is 11.9. The van der Waals surface area contributed by atoms with E-state index in [2.05, 4.69) is 0 Å². The van der Waals surface area contributed by atoms with Crippen LogP contribution < -0.4 is 0 Å². The number of hydrogen-bond acceptors (Lipinski definition) is 1. The Hall–Kier alpha value is -1.33. The minimum absolute atomic E-state index is 0.175. The Morgan fingerprint density at radius 2 is 2.14 bits per heavy atom. The topological polar surface area (TPSA) is 23.8 Å². The largest absolute Gasteiger partial charge is 0.206 e. The Labute approximate surface area is 87.4 Å². The van der Waals surface area contributed by atoms with Crippen molar-refractivity contribution in [2.45, 2.75) is 13.8 Å². The van der Waals surface area contributed by atoms with Crippen molar-refractivity contribution >= 4 is 16.6 Å². The monoisotopic (exact) mass is 209 g/mol. The number of nitrogens with zero attached hydrogens (tertiary/aromatic N) is 1. The lowest BCUT2D eigenvalue weighted by atomic mass is 10.1. The standard InChI is InChI=1S/C11H9ClFN/c1-7-3-4-10(13)9(5-7)11(12)8(2)6-14/h3-5H,1-2H3. The van der Waals surface area contributed by atoms with Gasteiger partial charge in [0.2, 0.25) is 0 Å². The van der Waals surface area contributed by atoms with Crippen molar-refractivity contribution in [3.63, 3.8) is 0 Å². The number of halogens is 2. The minimum atomic E-state index is -0.407. The van der Waals surface area contributed by atoms with Crippen molar-refractivity contribution in [3.8, 4) is 6.07 Å². The number of rotatable bonds is 1. The second-order valence-electron chi connectivity index (χ2n) is 3.03. The predicted molar refractivity (Wildman–Crippen MR) is 55.2 cm³/mol. The average Bonchev–Trinajstić information content (AvgIpc) is 2.19. The molecule has 0 aliphatic heterocycles. The third kappa shape index (κ3) is 2.12. The molecule has 0 aliphatic carbocycles. The second-order valence-corrected chi connectivity index (χ2v) is 3.41. The van der Waals surface area contributed by atoms with E-state index in [-0.39, 0.29) is 10.6 Å². The molecule has 3 heteroatoms. The van der Waals surface area contributed by atoms with Gasteiger partial charge in [-0.25, -0.2) is 4.39 Å². The molecule has 0 aromatic heterocycles. The molecule has 1 rings (SSSR count). The van der Waals surface area contributed by atoms with Crippen LogP contribution in [0, 0.1) is 24.1 Å². The molecule has 0 heterocycles. The fourth-order valence-corrected chi connectivity index (χ4v) is 1.25. The molecule has 0 fully saturated rings. The van der Waals surface area contributed by atoms with Crippen molar-refractivity contribution in [3.05, 3.63) is 40.7 Å². The van der Waals surface area contributed by atoms with Crippen molar-refractivity contribution in [1.29, 1.82) is 5.26 Å². The molecule has 0 unspecified atom stereocenters. The van der Waals surface area contributed by atoms with Gasteiger partial charge < -0.3 is 0 Å². The molecule has 1 aromatic carbocycles. The highest BCUT2D eigenvalue weighted by molar-refractivity contribution is 6.49. The Bertz CT molecular complexity index is 429. The van der Waals surface area contributed by atoms with Crippen molar-refractivity contribution in [1.82, 2.24) is 0 Å². The van der Waals surface area contributed by atoms with Gasteiger partial charge in [-0.2, -0.15) is 5.26 Å². The first-order valence-corrected chi connectivity index (χ1v) is 4.47.